The average molecular weight is 417 g/mol. The summed E-state index contributed by atoms with van der Waals surface area (Å²) in [4.78, 5) is 13.0. The summed E-state index contributed by atoms with van der Waals surface area (Å²) in [5.74, 6) is 0.811. The van der Waals surface area contributed by atoms with Gasteiger partial charge in [-0.05, 0) is 60.7 Å². The van der Waals surface area contributed by atoms with Crippen LogP contribution in [-0.2, 0) is 11.2 Å². The minimum atomic E-state index is -0.339. The summed E-state index contributed by atoms with van der Waals surface area (Å²) in [6.07, 6.45) is 2.21. The summed E-state index contributed by atoms with van der Waals surface area (Å²) in [5, 5.41) is 4.19. The zero-order chi connectivity index (χ0) is 22.1. The molecule has 3 rings (SSSR count). The summed E-state index contributed by atoms with van der Waals surface area (Å²) in [5.41, 5.74) is 6.79. The Morgan fingerprint density at radius 2 is 1.77 bits per heavy atom. The number of nitrogens with zero attached hydrogens (tertiary/aromatic N) is 1. The number of hydrazone groups is 1. The van der Waals surface area contributed by atoms with Crippen molar-refractivity contribution in [2.45, 2.75) is 26.2 Å². The first-order valence-corrected chi connectivity index (χ1v) is 10.4. The Morgan fingerprint density at radius 1 is 1.03 bits per heavy atom. The predicted molar refractivity (Wildman–Crippen MR) is 124 cm³/mol. The molecule has 0 bridgehead atoms. The lowest BCUT2D eigenvalue weighted by atomic mass is 9.90. The molecule has 1 atom stereocenters. The van der Waals surface area contributed by atoms with Crippen LogP contribution in [0.3, 0.4) is 0 Å². The number of amides is 1. The minimum absolute atomic E-state index is 0.149. The molecule has 0 heterocycles. The number of hydrogen-bond donors (Lipinski definition) is 1. The molecule has 5 heteroatoms. The van der Waals surface area contributed by atoms with E-state index >= 15 is 0 Å². The Hall–Kier alpha value is -3.60. The van der Waals surface area contributed by atoms with Gasteiger partial charge in [-0.1, -0.05) is 54.6 Å². The van der Waals surface area contributed by atoms with Crippen molar-refractivity contribution in [1.82, 2.24) is 5.43 Å². The van der Waals surface area contributed by atoms with Gasteiger partial charge in [0.2, 0.25) is 5.91 Å². The molecule has 5 nitrogen and oxygen atoms in total. The highest BCUT2D eigenvalue weighted by atomic mass is 16.5. The van der Waals surface area contributed by atoms with Gasteiger partial charge in [0, 0.05) is 0 Å². The molecule has 0 aliphatic rings. The molecule has 3 aromatic rings. The molecule has 0 aliphatic heterocycles. The van der Waals surface area contributed by atoms with Gasteiger partial charge < -0.3 is 9.47 Å². The molecule has 3 aromatic carbocycles. The van der Waals surface area contributed by atoms with Gasteiger partial charge >= 0.3 is 0 Å². The van der Waals surface area contributed by atoms with E-state index in [9.17, 15) is 4.79 Å². The SMILES string of the molecule is CCOc1cc(/C=N\NC(=O)[C@@H](Cc2ccccc2C)c2ccccc2)ccc1OC. The summed E-state index contributed by atoms with van der Waals surface area (Å²) in [6, 6.07) is 23.4. The van der Waals surface area contributed by atoms with Crippen LogP contribution in [0.2, 0.25) is 0 Å². The first-order chi connectivity index (χ1) is 15.1. The Labute approximate surface area is 183 Å². The van der Waals surface area contributed by atoms with E-state index < -0.39 is 0 Å². The molecule has 1 N–H and O–H groups in total. The maximum atomic E-state index is 13.0. The van der Waals surface area contributed by atoms with Crippen molar-refractivity contribution in [3.8, 4) is 11.5 Å². The third kappa shape index (κ3) is 5.95. The molecule has 0 aromatic heterocycles. The quantitative estimate of drug-likeness (QED) is 0.400. The Morgan fingerprint density at radius 3 is 2.48 bits per heavy atom. The second-order valence-electron chi connectivity index (χ2n) is 7.17. The van der Waals surface area contributed by atoms with Gasteiger partial charge in [0.05, 0.1) is 25.8 Å². The number of carbonyl (C=O) groups excluding carboxylic acids is 1. The summed E-state index contributed by atoms with van der Waals surface area (Å²) < 4.78 is 10.9. The number of methoxy groups -OCH3 is 1. The highest BCUT2D eigenvalue weighted by Gasteiger charge is 2.21. The van der Waals surface area contributed by atoms with Crippen LogP contribution in [0.4, 0.5) is 0 Å². The molecule has 0 aliphatic carbocycles. The monoisotopic (exact) mass is 416 g/mol. The van der Waals surface area contributed by atoms with Crippen molar-refractivity contribution in [2.24, 2.45) is 5.10 Å². The van der Waals surface area contributed by atoms with Crippen LogP contribution in [0.5, 0.6) is 11.5 Å². The zero-order valence-electron chi connectivity index (χ0n) is 18.2. The van der Waals surface area contributed by atoms with Crippen LogP contribution >= 0.6 is 0 Å². The van der Waals surface area contributed by atoms with Crippen LogP contribution in [0, 0.1) is 6.92 Å². The third-order valence-electron chi connectivity index (χ3n) is 5.08. The number of ether oxygens (including phenoxy) is 2. The van der Waals surface area contributed by atoms with Gasteiger partial charge in [-0.25, -0.2) is 5.43 Å². The van der Waals surface area contributed by atoms with Gasteiger partial charge in [0.1, 0.15) is 0 Å². The van der Waals surface area contributed by atoms with Gasteiger partial charge in [0.25, 0.3) is 0 Å². The van der Waals surface area contributed by atoms with Gasteiger partial charge in [-0.2, -0.15) is 5.10 Å². The van der Waals surface area contributed by atoms with E-state index in [0.717, 1.165) is 16.7 Å². The maximum absolute atomic E-state index is 13.0. The van der Waals surface area contributed by atoms with Crippen molar-refractivity contribution in [3.05, 3.63) is 95.1 Å². The molecule has 0 unspecified atom stereocenters. The second-order valence-corrected chi connectivity index (χ2v) is 7.17. The highest BCUT2D eigenvalue weighted by Crippen LogP contribution is 2.27. The topological polar surface area (TPSA) is 59.9 Å². The number of nitrogens with one attached hydrogen (secondary N) is 1. The molecule has 0 spiro atoms. The Balaban J connectivity index is 1.76. The largest absolute Gasteiger partial charge is 0.493 e. The van der Waals surface area contributed by atoms with Crippen LogP contribution in [0.15, 0.2) is 77.9 Å². The average Bonchev–Trinajstić information content (AvgIpc) is 2.79. The maximum Gasteiger partial charge on any atom is 0.247 e. The van der Waals surface area contributed by atoms with Crippen molar-refractivity contribution in [2.75, 3.05) is 13.7 Å². The van der Waals surface area contributed by atoms with E-state index in [-0.39, 0.29) is 11.8 Å². The summed E-state index contributed by atoms with van der Waals surface area (Å²) in [6.45, 7) is 4.51. The normalized spacial score (nSPS) is 11.8. The number of carbonyl (C=O) groups is 1. The van der Waals surface area contributed by atoms with Crippen molar-refractivity contribution in [1.29, 1.82) is 0 Å². The fourth-order valence-corrected chi connectivity index (χ4v) is 3.40. The van der Waals surface area contributed by atoms with E-state index in [4.69, 9.17) is 9.47 Å². The Bertz CT molecular complexity index is 1030. The van der Waals surface area contributed by atoms with E-state index in [1.807, 2.05) is 67.6 Å². The number of hydrogen-bond acceptors (Lipinski definition) is 4. The van der Waals surface area contributed by atoms with Gasteiger partial charge in [0.15, 0.2) is 11.5 Å². The Kier molecular flexibility index (Phi) is 7.82. The number of rotatable bonds is 9. The lowest BCUT2D eigenvalue weighted by Crippen LogP contribution is -2.27. The molecule has 31 heavy (non-hydrogen) atoms. The van der Waals surface area contributed by atoms with E-state index in [1.54, 1.807) is 13.3 Å². The van der Waals surface area contributed by atoms with Crippen molar-refractivity contribution in [3.63, 3.8) is 0 Å². The van der Waals surface area contributed by atoms with Crippen molar-refractivity contribution >= 4 is 12.1 Å². The molecule has 1 amide bonds. The standard InChI is InChI=1S/C26H28N2O3/c1-4-31-25-16-20(14-15-24(25)30-3)18-27-28-26(29)23(21-11-6-5-7-12-21)17-22-13-9-8-10-19(22)2/h5-16,18,23H,4,17H2,1-3H3,(H,28,29)/b27-18-/t23-/m0/s1. The smallest absolute Gasteiger partial charge is 0.247 e. The van der Waals surface area contributed by atoms with Crippen molar-refractivity contribution < 1.29 is 14.3 Å². The second kappa shape index (κ2) is 11.0. The lowest BCUT2D eigenvalue weighted by molar-refractivity contribution is -0.122. The number of aryl methyl sites for hydroxylation is 1. The molecule has 160 valence electrons. The van der Waals surface area contributed by atoms with Crippen LogP contribution < -0.4 is 14.9 Å². The summed E-state index contributed by atoms with van der Waals surface area (Å²) >= 11 is 0. The molecular formula is C26H28N2O3. The first kappa shape index (κ1) is 22.1. The van der Waals surface area contributed by atoms with Gasteiger partial charge in [-0.3, -0.25) is 4.79 Å². The van der Waals surface area contributed by atoms with Gasteiger partial charge in [-0.15, -0.1) is 0 Å². The molecular weight excluding hydrogens is 388 g/mol. The number of benzene rings is 3. The fourth-order valence-electron chi connectivity index (χ4n) is 3.40. The molecule has 0 fully saturated rings. The third-order valence-corrected chi connectivity index (χ3v) is 5.08. The van der Waals surface area contributed by atoms with Crippen LogP contribution in [-0.4, -0.2) is 25.8 Å². The fraction of sp³-hybridized carbons (Fsp3) is 0.231. The zero-order valence-corrected chi connectivity index (χ0v) is 18.2. The van der Waals surface area contributed by atoms with E-state index in [0.29, 0.717) is 24.5 Å². The van der Waals surface area contributed by atoms with E-state index in [2.05, 4.69) is 29.6 Å². The minimum Gasteiger partial charge on any atom is -0.493 e. The molecule has 0 saturated heterocycles. The van der Waals surface area contributed by atoms with E-state index in [1.165, 1.54) is 5.56 Å². The summed E-state index contributed by atoms with van der Waals surface area (Å²) in [7, 11) is 1.60. The highest BCUT2D eigenvalue weighted by molar-refractivity contribution is 5.86. The van der Waals surface area contributed by atoms with Crippen LogP contribution in [0.1, 0.15) is 35.1 Å². The molecule has 0 saturated carbocycles. The lowest BCUT2D eigenvalue weighted by Gasteiger charge is -2.17. The molecule has 0 radical (unpaired) electrons. The predicted octanol–water partition coefficient (Wildman–Crippen LogP) is 4.88. The first-order valence-electron chi connectivity index (χ1n) is 10.4. The van der Waals surface area contributed by atoms with Crippen LogP contribution in [0.25, 0.3) is 0 Å².